The Morgan fingerprint density at radius 2 is 1.85 bits per heavy atom. The number of carboxylic acid groups (broad SMARTS) is 1. The number of carboxylic acids is 1. The summed E-state index contributed by atoms with van der Waals surface area (Å²) in [5.41, 5.74) is -1.92. The van der Waals surface area contributed by atoms with Crippen LogP contribution >= 0.6 is 23.2 Å². The van der Waals surface area contributed by atoms with E-state index in [1.165, 1.54) is 17.0 Å². The van der Waals surface area contributed by atoms with E-state index >= 15 is 4.39 Å². The molecule has 1 unspecified atom stereocenters. The highest BCUT2D eigenvalue weighted by Gasteiger charge is 2.45. The first kappa shape index (κ1) is 21.8. The first-order chi connectivity index (χ1) is 12.4. The molecule has 1 aromatic rings. The summed E-state index contributed by atoms with van der Waals surface area (Å²) in [5, 5.41) is 9.84. The maximum atomic E-state index is 15.8. The third kappa shape index (κ3) is 5.72. The van der Waals surface area contributed by atoms with Crippen molar-refractivity contribution >= 4 is 35.3 Å². The quantitative estimate of drug-likeness (QED) is 0.719. The maximum Gasteiger partial charge on any atom is 0.410 e. The highest BCUT2D eigenvalue weighted by molar-refractivity contribution is 6.42. The lowest BCUT2D eigenvalue weighted by atomic mass is 9.75. The average Bonchev–Trinajstić information content (AvgIpc) is 2.54. The molecule has 1 atom stereocenters. The first-order valence-electron chi connectivity index (χ1n) is 8.75. The van der Waals surface area contributed by atoms with Gasteiger partial charge in [-0.05, 0) is 51.3 Å². The number of carbonyl (C=O) groups is 2. The van der Waals surface area contributed by atoms with E-state index in [2.05, 4.69) is 0 Å². The number of ether oxygens (including phenoxy) is 1. The predicted octanol–water partition coefficient (Wildman–Crippen LogP) is 5.29. The molecule has 1 amide bonds. The largest absolute Gasteiger partial charge is 0.481 e. The summed E-state index contributed by atoms with van der Waals surface area (Å²) in [4.78, 5) is 25.0. The summed E-state index contributed by atoms with van der Waals surface area (Å²) >= 11 is 12.0. The molecular formula is C19H24Cl2FNO4. The topological polar surface area (TPSA) is 66.8 Å². The number of hydrogen-bond acceptors (Lipinski definition) is 3. The highest BCUT2D eigenvalue weighted by Crippen LogP contribution is 2.43. The van der Waals surface area contributed by atoms with Gasteiger partial charge in [0.25, 0.3) is 0 Å². The summed E-state index contributed by atoms with van der Waals surface area (Å²) in [6, 6.07) is 4.65. The minimum absolute atomic E-state index is 0.0183. The minimum Gasteiger partial charge on any atom is -0.481 e. The van der Waals surface area contributed by atoms with E-state index in [1.807, 2.05) is 0 Å². The van der Waals surface area contributed by atoms with Crippen LogP contribution in [0.3, 0.4) is 0 Å². The van der Waals surface area contributed by atoms with Gasteiger partial charge in [-0.1, -0.05) is 29.3 Å². The van der Waals surface area contributed by atoms with Crippen LogP contribution in [0.2, 0.25) is 10.0 Å². The molecule has 0 radical (unpaired) electrons. The SMILES string of the molecule is CC(C)(C)OC(=O)N1CCC(F)(C(CC(=O)O)c2ccc(Cl)c(Cl)c2)CC1. The zero-order valence-electron chi connectivity index (χ0n) is 15.6. The molecule has 1 heterocycles. The number of carbonyl (C=O) groups excluding carboxylic acids is 1. The van der Waals surface area contributed by atoms with E-state index in [0.29, 0.717) is 10.6 Å². The first-order valence-corrected chi connectivity index (χ1v) is 9.50. The van der Waals surface area contributed by atoms with Crippen LogP contribution in [0, 0.1) is 0 Å². The van der Waals surface area contributed by atoms with Crippen molar-refractivity contribution in [3.8, 4) is 0 Å². The molecule has 27 heavy (non-hydrogen) atoms. The van der Waals surface area contributed by atoms with Gasteiger partial charge in [0.2, 0.25) is 0 Å². The van der Waals surface area contributed by atoms with Crippen molar-refractivity contribution in [2.75, 3.05) is 13.1 Å². The summed E-state index contributed by atoms with van der Waals surface area (Å²) in [5.74, 6) is -1.98. The molecule has 1 aromatic carbocycles. The van der Waals surface area contributed by atoms with Gasteiger partial charge >= 0.3 is 12.1 Å². The number of nitrogens with zero attached hydrogens (tertiary/aromatic N) is 1. The van der Waals surface area contributed by atoms with Gasteiger partial charge in [-0.2, -0.15) is 0 Å². The average molecular weight is 420 g/mol. The molecule has 1 aliphatic heterocycles. The van der Waals surface area contributed by atoms with E-state index in [9.17, 15) is 14.7 Å². The van der Waals surface area contributed by atoms with Gasteiger partial charge < -0.3 is 14.7 Å². The van der Waals surface area contributed by atoms with Crippen LogP contribution in [0.15, 0.2) is 18.2 Å². The number of halogens is 3. The standard InChI is InChI=1S/C19H24Cl2FNO4/c1-18(2,3)27-17(26)23-8-6-19(22,7-9-23)13(11-16(24)25)12-4-5-14(20)15(21)10-12/h4-5,10,13H,6-9,11H2,1-3H3,(H,24,25). The van der Waals surface area contributed by atoms with Crippen molar-refractivity contribution in [3.63, 3.8) is 0 Å². The zero-order valence-corrected chi connectivity index (χ0v) is 17.1. The second-order valence-electron chi connectivity index (χ2n) is 7.83. The normalized spacial score (nSPS) is 18.1. The monoisotopic (exact) mass is 419 g/mol. The Balaban J connectivity index is 2.18. The third-order valence-electron chi connectivity index (χ3n) is 4.60. The third-order valence-corrected chi connectivity index (χ3v) is 5.33. The fourth-order valence-corrected chi connectivity index (χ4v) is 3.55. The lowest BCUT2D eigenvalue weighted by Crippen LogP contribution is -2.48. The number of rotatable bonds is 4. The maximum absolute atomic E-state index is 15.8. The Morgan fingerprint density at radius 3 is 2.33 bits per heavy atom. The van der Waals surface area contributed by atoms with Crippen LogP contribution in [0.25, 0.3) is 0 Å². The Labute approximate surface area is 168 Å². The van der Waals surface area contributed by atoms with Gasteiger partial charge in [0, 0.05) is 19.0 Å². The molecule has 1 fully saturated rings. The van der Waals surface area contributed by atoms with Gasteiger partial charge in [-0.3, -0.25) is 4.79 Å². The van der Waals surface area contributed by atoms with E-state index < -0.39 is 29.3 Å². The second kappa shape index (κ2) is 8.23. The lowest BCUT2D eigenvalue weighted by molar-refractivity contribution is -0.139. The Morgan fingerprint density at radius 1 is 1.26 bits per heavy atom. The number of likely N-dealkylation sites (tertiary alicyclic amines) is 1. The van der Waals surface area contributed by atoms with Crippen LogP contribution in [0.5, 0.6) is 0 Å². The molecule has 0 bridgehead atoms. The highest BCUT2D eigenvalue weighted by atomic mass is 35.5. The van der Waals surface area contributed by atoms with Crippen LogP contribution in [-0.4, -0.2) is 46.4 Å². The summed E-state index contributed by atoms with van der Waals surface area (Å²) in [7, 11) is 0. The summed E-state index contributed by atoms with van der Waals surface area (Å²) in [6.07, 6.45) is -0.829. The van der Waals surface area contributed by atoms with E-state index in [1.54, 1.807) is 26.8 Å². The zero-order chi connectivity index (χ0) is 20.4. The van der Waals surface area contributed by atoms with Crippen LogP contribution in [0.4, 0.5) is 9.18 Å². The molecule has 0 aromatic heterocycles. The van der Waals surface area contributed by atoms with Gasteiger partial charge in [0.05, 0.1) is 16.5 Å². The predicted molar refractivity (Wildman–Crippen MR) is 102 cm³/mol. The van der Waals surface area contributed by atoms with Crippen molar-refractivity contribution in [2.24, 2.45) is 0 Å². The van der Waals surface area contributed by atoms with Gasteiger partial charge in [-0.15, -0.1) is 0 Å². The van der Waals surface area contributed by atoms with Gasteiger partial charge in [-0.25, -0.2) is 9.18 Å². The smallest absolute Gasteiger partial charge is 0.410 e. The molecule has 1 aliphatic rings. The molecular weight excluding hydrogens is 396 g/mol. The van der Waals surface area contributed by atoms with E-state index in [4.69, 9.17) is 27.9 Å². The van der Waals surface area contributed by atoms with Crippen molar-refractivity contribution in [3.05, 3.63) is 33.8 Å². The molecule has 5 nitrogen and oxygen atoms in total. The molecule has 150 valence electrons. The molecule has 0 spiro atoms. The van der Waals surface area contributed by atoms with Crippen molar-refractivity contribution in [1.29, 1.82) is 0 Å². The fourth-order valence-electron chi connectivity index (χ4n) is 3.24. The van der Waals surface area contributed by atoms with Crippen LogP contribution in [0.1, 0.15) is 51.5 Å². The molecule has 1 N–H and O–H groups in total. The Bertz CT molecular complexity index is 712. The molecule has 2 rings (SSSR count). The molecule has 1 saturated heterocycles. The fraction of sp³-hybridized carbons (Fsp3) is 0.579. The van der Waals surface area contributed by atoms with Crippen LogP contribution < -0.4 is 0 Å². The Hall–Kier alpha value is -1.53. The number of amides is 1. The van der Waals surface area contributed by atoms with E-state index in [-0.39, 0.29) is 37.4 Å². The molecule has 0 aliphatic carbocycles. The number of alkyl halides is 1. The van der Waals surface area contributed by atoms with Crippen LogP contribution in [-0.2, 0) is 9.53 Å². The summed E-state index contributed by atoms with van der Waals surface area (Å²) < 4.78 is 21.1. The summed E-state index contributed by atoms with van der Waals surface area (Å²) in [6.45, 7) is 5.61. The van der Waals surface area contributed by atoms with Gasteiger partial charge in [0.1, 0.15) is 11.3 Å². The van der Waals surface area contributed by atoms with E-state index in [0.717, 1.165) is 0 Å². The van der Waals surface area contributed by atoms with Crippen molar-refractivity contribution < 1.29 is 23.8 Å². The minimum atomic E-state index is -1.77. The van der Waals surface area contributed by atoms with Crippen molar-refractivity contribution in [2.45, 2.75) is 57.2 Å². The van der Waals surface area contributed by atoms with Gasteiger partial charge in [0.15, 0.2) is 0 Å². The number of hydrogen-bond donors (Lipinski definition) is 1. The number of aliphatic carboxylic acids is 1. The second-order valence-corrected chi connectivity index (χ2v) is 8.64. The number of piperidine rings is 1. The Kier molecular flexibility index (Phi) is 6.63. The number of benzene rings is 1. The lowest BCUT2D eigenvalue weighted by Gasteiger charge is -2.41. The molecule has 0 saturated carbocycles. The van der Waals surface area contributed by atoms with Crippen molar-refractivity contribution in [1.82, 2.24) is 4.90 Å². The molecule has 8 heteroatoms.